The van der Waals surface area contributed by atoms with Crippen molar-refractivity contribution in [2.24, 2.45) is 5.92 Å². The van der Waals surface area contributed by atoms with Gasteiger partial charge in [-0.05, 0) is 43.0 Å². The minimum atomic E-state index is -0.241. The first-order valence-corrected chi connectivity index (χ1v) is 7.92. The van der Waals surface area contributed by atoms with Gasteiger partial charge in [0.05, 0.1) is 18.0 Å². The van der Waals surface area contributed by atoms with Crippen LogP contribution in [0.1, 0.15) is 23.2 Å². The van der Waals surface area contributed by atoms with E-state index >= 15 is 0 Å². The number of nitrogen functional groups attached to an aromatic ring is 1. The Labute approximate surface area is 139 Å². The van der Waals surface area contributed by atoms with E-state index < -0.39 is 0 Å². The zero-order valence-electron chi connectivity index (χ0n) is 13.1. The fourth-order valence-corrected chi connectivity index (χ4v) is 2.46. The molecule has 124 valence electrons. The van der Waals surface area contributed by atoms with E-state index in [2.05, 4.69) is 5.32 Å². The van der Waals surface area contributed by atoms with Crippen molar-refractivity contribution in [1.82, 2.24) is 0 Å². The Balaban J connectivity index is 1.43. The number of anilines is 2. The molecule has 0 unspecified atom stereocenters. The average Bonchev–Trinajstić information content (AvgIpc) is 3.32. The molecular weight excluding hydrogens is 308 g/mol. The van der Waals surface area contributed by atoms with Crippen LogP contribution in [0.25, 0.3) is 0 Å². The summed E-state index contributed by atoms with van der Waals surface area (Å²) < 4.78 is 16.2. The quantitative estimate of drug-likeness (QED) is 0.825. The van der Waals surface area contributed by atoms with E-state index in [1.165, 1.54) is 12.8 Å². The highest BCUT2D eigenvalue weighted by Crippen LogP contribution is 2.38. The first kappa shape index (κ1) is 14.7. The van der Waals surface area contributed by atoms with E-state index in [0.717, 1.165) is 12.4 Å². The molecule has 0 aromatic heterocycles. The Bertz CT molecular complexity index is 769. The van der Waals surface area contributed by atoms with Crippen molar-refractivity contribution in [1.29, 1.82) is 0 Å². The van der Waals surface area contributed by atoms with Crippen molar-refractivity contribution in [2.75, 3.05) is 24.5 Å². The van der Waals surface area contributed by atoms with E-state index in [1.807, 2.05) is 0 Å². The number of hydrogen-bond donors (Lipinski definition) is 2. The van der Waals surface area contributed by atoms with Crippen LogP contribution in [-0.4, -0.2) is 19.3 Å². The fourth-order valence-electron chi connectivity index (χ4n) is 2.46. The average molecular weight is 326 g/mol. The molecule has 0 spiro atoms. The first-order valence-electron chi connectivity index (χ1n) is 7.92. The lowest BCUT2D eigenvalue weighted by atomic mass is 10.2. The largest absolute Gasteiger partial charge is 0.493 e. The SMILES string of the molecule is Nc1cc2c(cc1NC(=O)c1ccc(OCC3CC3)cc1)OCO2. The van der Waals surface area contributed by atoms with Crippen LogP contribution in [0.15, 0.2) is 36.4 Å². The van der Waals surface area contributed by atoms with Gasteiger partial charge in [0.25, 0.3) is 5.91 Å². The van der Waals surface area contributed by atoms with E-state index in [9.17, 15) is 4.79 Å². The summed E-state index contributed by atoms with van der Waals surface area (Å²) in [5, 5.41) is 2.80. The van der Waals surface area contributed by atoms with Crippen LogP contribution in [0.2, 0.25) is 0 Å². The molecule has 0 bridgehead atoms. The summed E-state index contributed by atoms with van der Waals surface area (Å²) in [5.74, 6) is 2.39. The van der Waals surface area contributed by atoms with E-state index in [4.69, 9.17) is 19.9 Å². The number of nitrogens with one attached hydrogen (secondary N) is 1. The number of carbonyl (C=O) groups is 1. The Hall–Kier alpha value is -2.89. The van der Waals surface area contributed by atoms with Crippen LogP contribution in [-0.2, 0) is 0 Å². The van der Waals surface area contributed by atoms with Crippen molar-refractivity contribution in [3.63, 3.8) is 0 Å². The van der Waals surface area contributed by atoms with Gasteiger partial charge >= 0.3 is 0 Å². The molecule has 1 fully saturated rings. The van der Waals surface area contributed by atoms with Crippen molar-refractivity contribution in [3.05, 3.63) is 42.0 Å². The maximum atomic E-state index is 12.4. The van der Waals surface area contributed by atoms with Crippen molar-refractivity contribution in [3.8, 4) is 17.2 Å². The summed E-state index contributed by atoms with van der Waals surface area (Å²) in [6.07, 6.45) is 2.49. The van der Waals surface area contributed by atoms with E-state index in [1.54, 1.807) is 36.4 Å². The third-order valence-corrected chi connectivity index (χ3v) is 4.09. The highest BCUT2D eigenvalue weighted by atomic mass is 16.7. The van der Waals surface area contributed by atoms with Gasteiger partial charge < -0.3 is 25.3 Å². The number of benzene rings is 2. The van der Waals surface area contributed by atoms with Crippen LogP contribution >= 0.6 is 0 Å². The monoisotopic (exact) mass is 326 g/mol. The number of ether oxygens (including phenoxy) is 3. The maximum absolute atomic E-state index is 12.4. The molecule has 1 aliphatic carbocycles. The summed E-state index contributed by atoms with van der Waals surface area (Å²) in [4.78, 5) is 12.4. The molecule has 0 radical (unpaired) electrons. The van der Waals surface area contributed by atoms with Gasteiger partial charge in [-0.2, -0.15) is 0 Å². The molecule has 1 amide bonds. The van der Waals surface area contributed by atoms with Gasteiger partial charge in [-0.15, -0.1) is 0 Å². The number of nitrogens with two attached hydrogens (primary N) is 1. The van der Waals surface area contributed by atoms with Gasteiger partial charge in [0.2, 0.25) is 6.79 Å². The lowest BCUT2D eigenvalue weighted by molar-refractivity contribution is 0.102. The summed E-state index contributed by atoms with van der Waals surface area (Å²) in [5.41, 5.74) is 7.41. The maximum Gasteiger partial charge on any atom is 0.255 e. The highest BCUT2D eigenvalue weighted by molar-refractivity contribution is 6.06. The Morgan fingerprint density at radius 1 is 1.17 bits per heavy atom. The summed E-state index contributed by atoms with van der Waals surface area (Å²) >= 11 is 0. The third-order valence-electron chi connectivity index (χ3n) is 4.09. The zero-order chi connectivity index (χ0) is 16.5. The third kappa shape index (κ3) is 3.08. The van der Waals surface area contributed by atoms with Crippen molar-refractivity contribution >= 4 is 17.3 Å². The van der Waals surface area contributed by atoms with Crippen LogP contribution in [0.3, 0.4) is 0 Å². The van der Waals surface area contributed by atoms with Crippen LogP contribution in [0, 0.1) is 5.92 Å². The summed E-state index contributed by atoms with van der Waals surface area (Å²) in [6, 6.07) is 10.4. The molecule has 4 rings (SSSR count). The van der Waals surface area contributed by atoms with Crippen LogP contribution < -0.4 is 25.3 Å². The van der Waals surface area contributed by atoms with Crippen LogP contribution in [0.4, 0.5) is 11.4 Å². The molecule has 6 nitrogen and oxygen atoms in total. The Morgan fingerprint density at radius 2 is 1.88 bits per heavy atom. The lowest BCUT2D eigenvalue weighted by Crippen LogP contribution is -2.13. The van der Waals surface area contributed by atoms with Crippen molar-refractivity contribution in [2.45, 2.75) is 12.8 Å². The molecule has 24 heavy (non-hydrogen) atoms. The second-order valence-electron chi connectivity index (χ2n) is 6.03. The second kappa shape index (κ2) is 5.96. The van der Waals surface area contributed by atoms with Gasteiger partial charge in [-0.1, -0.05) is 0 Å². The Kier molecular flexibility index (Phi) is 3.65. The van der Waals surface area contributed by atoms with Gasteiger partial charge in [-0.25, -0.2) is 0 Å². The molecule has 3 N–H and O–H groups in total. The minimum Gasteiger partial charge on any atom is -0.493 e. The van der Waals surface area contributed by atoms with Gasteiger partial charge in [0, 0.05) is 17.7 Å². The predicted octanol–water partition coefficient (Wildman–Crippen LogP) is 3.04. The standard InChI is InChI=1S/C18H18N2O4/c19-14-7-16-17(24-10-23-16)8-15(14)20-18(21)12-3-5-13(6-4-12)22-9-11-1-2-11/h3-8,11H,1-2,9-10,19H2,(H,20,21). The minimum absolute atomic E-state index is 0.161. The second-order valence-corrected chi connectivity index (χ2v) is 6.03. The molecule has 2 aromatic carbocycles. The van der Waals surface area contributed by atoms with E-state index in [-0.39, 0.29) is 12.7 Å². The molecule has 1 heterocycles. The van der Waals surface area contributed by atoms with E-state index in [0.29, 0.717) is 34.4 Å². The van der Waals surface area contributed by atoms with Gasteiger partial charge in [-0.3, -0.25) is 4.79 Å². The number of fused-ring (bicyclic) bond motifs is 1. The first-order chi connectivity index (χ1) is 11.7. The summed E-state index contributed by atoms with van der Waals surface area (Å²) in [7, 11) is 0. The van der Waals surface area contributed by atoms with Gasteiger partial charge in [0.15, 0.2) is 11.5 Å². The molecule has 0 saturated heterocycles. The Morgan fingerprint density at radius 3 is 2.58 bits per heavy atom. The molecule has 6 heteroatoms. The smallest absolute Gasteiger partial charge is 0.255 e. The number of carbonyl (C=O) groups excluding carboxylic acids is 1. The molecule has 1 aliphatic heterocycles. The highest BCUT2D eigenvalue weighted by Gasteiger charge is 2.22. The normalized spacial score (nSPS) is 15.2. The topological polar surface area (TPSA) is 82.8 Å². The summed E-state index contributed by atoms with van der Waals surface area (Å²) in [6.45, 7) is 0.910. The molecule has 1 saturated carbocycles. The molecule has 2 aromatic rings. The van der Waals surface area contributed by atoms with Crippen molar-refractivity contribution < 1.29 is 19.0 Å². The number of hydrogen-bond acceptors (Lipinski definition) is 5. The molecule has 0 atom stereocenters. The molecular formula is C18H18N2O4. The van der Waals surface area contributed by atoms with Crippen LogP contribution in [0.5, 0.6) is 17.2 Å². The number of rotatable bonds is 5. The van der Waals surface area contributed by atoms with Gasteiger partial charge in [0.1, 0.15) is 5.75 Å². The molecule has 2 aliphatic rings. The number of amides is 1. The predicted molar refractivity (Wildman–Crippen MR) is 89.6 cm³/mol. The lowest BCUT2D eigenvalue weighted by Gasteiger charge is -2.10. The fraction of sp³-hybridized carbons (Fsp3) is 0.278. The zero-order valence-corrected chi connectivity index (χ0v) is 13.1.